The Balaban J connectivity index is 1.87. The molecule has 1 nitrogen and oxygen atoms in total. The van der Waals surface area contributed by atoms with Crippen molar-refractivity contribution in [2.45, 2.75) is 32.3 Å². The molecule has 0 saturated carbocycles. The van der Waals surface area contributed by atoms with Crippen LogP contribution in [0.15, 0.2) is 36.4 Å². The lowest BCUT2D eigenvalue weighted by Crippen LogP contribution is -2.22. The summed E-state index contributed by atoms with van der Waals surface area (Å²) < 4.78 is 27.7. The molecular weight excluding hydrogens is 270 g/mol. The minimum atomic E-state index is -0.964. The van der Waals surface area contributed by atoms with E-state index in [4.69, 9.17) is 0 Å². The van der Waals surface area contributed by atoms with Gasteiger partial charge in [-0.2, -0.15) is 0 Å². The van der Waals surface area contributed by atoms with Crippen molar-refractivity contribution in [3.8, 4) is 0 Å². The highest BCUT2D eigenvalue weighted by Crippen LogP contribution is 2.35. The molecule has 0 saturated heterocycles. The van der Waals surface area contributed by atoms with E-state index in [2.05, 4.69) is 6.07 Å². The molecular formula is C18H18F2O. The molecule has 21 heavy (non-hydrogen) atoms. The monoisotopic (exact) mass is 288 g/mol. The van der Waals surface area contributed by atoms with Crippen molar-refractivity contribution in [3.63, 3.8) is 0 Å². The van der Waals surface area contributed by atoms with Crippen LogP contribution in [0.3, 0.4) is 0 Å². The number of hydrogen-bond acceptors (Lipinski definition) is 1. The fraction of sp³-hybridized carbons (Fsp3) is 0.333. The molecule has 2 aromatic rings. The lowest BCUT2D eigenvalue weighted by Gasteiger charge is -2.29. The van der Waals surface area contributed by atoms with Crippen LogP contribution in [-0.2, 0) is 12.8 Å². The van der Waals surface area contributed by atoms with Crippen LogP contribution in [-0.4, -0.2) is 5.11 Å². The Bertz CT molecular complexity index is 666. The lowest BCUT2D eigenvalue weighted by atomic mass is 9.79. The summed E-state index contributed by atoms with van der Waals surface area (Å²) in [6.45, 7) is 1.52. The maximum absolute atomic E-state index is 14.0. The van der Waals surface area contributed by atoms with Crippen molar-refractivity contribution < 1.29 is 13.9 Å². The summed E-state index contributed by atoms with van der Waals surface area (Å²) in [7, 11) is 0. The van der Waals surface area contributed by atoms with E-state index in [-0.39, 0.29) is 17.0 Å². The molecule has 2 unspecified atom stereocenters. The second-order valence-corrected chi connectivity index (χ2v) is 5.82. The third kappa shape index (κ3) is 2.58. The number of benzene rings is 2. The molecule has 0 amide bonds. The number of rotatable bonds is 2. The maximum atomic E-state index is 14.0. The van der Waals surface area contributed by atoms with Gasteiger partial charge in [-0.15, -0.1) is 0 Å². The Morgan fingerprint density at radius 2 is 1.76 bits per heavy atom. The molecule has 2 aromatic carbocycles. The first-order valence-electron chi connectivity index (χ1n) is 7.27. The number of aliphatic hydroxyl groups is 1. The van der Waals surface area contributed by atoms with Gasteiger partial charge in [0.05, 0.1) is 6.10 Å². The van der Waals surface area contributed by atoms with Gasteiger partial charge in [-0.1, -0.05) is 36.4 Å². The smallest absolute Gasteiger partial charge is 0.164 e. The van der Waals surface area contributed by atoms with Gasteiger partial charge in [0.2, 0.25) is 0 Å². The molecule has 1 aliphatic carbocycles. The van der Waals surface area contributed by atoms with Crippen LogP contribution in [0.25, 0.3) is 0 Å². The van der Waals surface area contributed by atoms with Gasteiger partial charge in [0.15, 0.2) is 11.6 Å². The third-order valence-electron chi connectivity index (χ3n) is 4.46. The first-order valence-corrected chi connectivity index (χ1v) is 7.27. The Hall–Kier alpha value is -1.74. The van der Waals surface area contributed by atoms with E-state index in [0.29, 0.717) is 6.42 Å². The SMILES string of the molecule is Cc1ccc(C(O)C2CCc3ccccc3C2)c(F)c1F. The van der Waals surface area contributed by atoms with Crippen molar-refractivity contribution in [1.82, 2.24) is 0 Å². The van der Waals surface area contributed by atoms with Gasteiger partial charge in [0, 0.05) is 5.56 Å². The van der Waals surface area contributed by atoms with E-state index in [9.17, 15) is 13.9 Å². The minimum Gasteiger partial charge on any atom is -0.388 e. The second-order valence-electron chi connectivity index (χ2n) is 5.82. The molecule has 1 aliphatic rings. The maximum Gasteiger partial charge on any atom is 0.164 e. The van der Waals surface area contributed by atoms with Crippen LogP contribution >= 0.6 is 0 Å². The van der Waals surface area contributed by atoms with Gasteiger partial charge >= 0.3 is 0 Å². The van der Waals surface area contributed by atoms with Crippen LogP contribution < -0.4 is 0 Å². The van der Waals surface area contributed by atoms with Gasteiger partial charge < -0.3 is 5.11 Å². The molecule has 2 atom stereocenters. The van der Waals surface area contributed by atoms with Crippen LogP contribution in [0.4, 0.5) is 8.78 Å². The molecule has 0 aromatic heterocycles. The number of aryl methyl sites for hydroxylation is 2. The summed E-state index contributed by atoms with van der Waals surface area (Å²) in [5, 5.41) is 10.5. The van der Waals surface area contributed by atoms with Gasteiger partial charge in [-0.25, -0.2) is 8.78 Å². The second kappa shape index (κ2) is 5.57. The quantitative estimate of drug-likeness (QED) is 0.881. The van der Waals surface area contributed by atoms with Gasteiger partial charge in [-0.3, -0.25) is 0 Å². The largest absolute Gasteiger partial charge is 0.388 e. The predicted molar refractivity (Wildman–Crippen MR) is 78.0 cm³/mol. The third-order valence-corrected chi connectivity index (χ3v) is 4.46. The molecule has 110 valence electrons. The Kier molecular flexibility index (Phi) is 3.77. The zero-order valence-electron chi connectivity index (χ0n) is 11.9. The minimum absolute atomic E-state index is 0.0717. The van der Waals surface area contributed by atoms with Crippen LogP contribution in [0.5, 0.6) is 0 Å². The molecule has 0 bridgehead atoms. The van der Waals surface area contributed by atoms with Crippen molar-refractivity contribution >= 4 is 0 Å². The number of fused-ring (bicyclic) bond motifs is 1. The Morgan fingerprint density at radius 1 is 1.05 bits per heavy atom. The zero-order valence-corrected chi connectivity index (χ0v) is 11.9. The summed E-state index contributed by atoms with van der Waals surface area (Å²) >= 11 is 0. The fourth-order valence-corrected chi connectivity index (χ4v) is 3.14. The topological polar surface area (TPSA) is 20.2 Å². The van der Waals surface area contributed by atoms with E-state index >= 15 is 0 Å². The first-order chi connectivity index (χ1) is 10.1. The molecule has 0 spiro atoms. The van der Waals surface area contributed by atoms with Crippen molar-refractivity contribution in [3.05, 3.63) is 70.3 Å². The van der Waals surface area contributed by atoms with Crippen molar-refractivity contribution in [2.24, 2.45) is 5.92 Å². The van der Waals surface area contributed by atoms with Gasteiger partial charge in [0.25, 0.3) is 0 Å². The first kappa shape index (κ1) is 14.2. The van der Waals surface area contributed by atoms with Crippen molar-refractivity contribution in [1.29, 1.82) is 0 Å². The normalized spacial score (nSPS) is 19.1. The van der Waals surface area contributed by atoms with Crippen LogP contribution in [0.2, 0.25) is 0 Å². The number of halogens is 2. The fourth-order valence-electron chi connectivity index (χ4n) is 3.14. The van der Waals surface area contributed by atoms with Gasteiger partial charge in [0.1, 0.15) is 0 Å². The summed E-state index contributed by atoms with van der Waals surface area (Å²) in [5.74, 6) is -1.85. The average molecular weight is 288 g/mol. The molecule has 0 heterocycles. The molecule has 3 rings (SSSR count). The van der Waals surface area contributed by atoms with Crippen LogP contribution in [0, 0.1) is 24.5 Å². The van der Waals surface area contributed by atoms with Crippen molar-refractivity contribution in [2.75, 3.05) is 0 Å². The summed E-state index contributed by atoms with van der Waals surface area (Å²) in [5.41, 5.74) is 2.82. The van der Waals surface area contributed by atoms with E-state index in [1.54, 1.807) is 0 Å². The van der Waals surface area contributed by atoms with Crippen LogP contribution in [0.1, 0.15) is 34.8 Å². The molecule has 0 radical (unpaired) electrons. The number of hydrogen-bond donors (Lipinski definition) is 1. The lowest BCUT2D eigenvalue weighted by molar-refractivity contribution is 0.0951. The van der Waals surface area contributed by atoms with E-state index in [1.165, 1.54) is 30.2 Å². The van der Waals surface area contributed by atoms with E-state index in [1.807, 2.05) is 18.2 Å². The van der Waals surface area contributed by atoms with E-state index < -0.39 is 17.7 Å². The summed E-state index contributed by atoms with van der Waals surface area (Å²) in [6.07, 6.45) is 1.39. The Morgan fingerprint density at radius 3 is 2.52 bits per heavy atom. The molecule has 3 heteroatoms. The zero-order chi connectivity index (χ0) is 15.0. The summed E-state index contributed by atoms with van der Waals surface area (Å²) in [4.78, 5) is 0. The van der Waals surface area contributed by atoms with Gasteiger partial charge in [-0.05, 0) is 48.8 Å². The molecule has 0 aliphatic heterocycles. The highest BCUT2D eigenvalue weighted by atomic mass is 19.2. The highest BCUT2D eigenvalue weighted by Gasteiger charge is 2.28. The standard InChI is InChI=1S/C18H18F2O/c1-11-6-9-15(17(20)16(11)19)18(21)14-8-7-12-4-2-3-5-13(12)10-14/h2-6,9,14,18,21H,7-8,10H2,1H3. The average Bonchev–Trinajstić information content (AvgIpc) is 2.52. The highest BCUT2D eigenvalue weighted by molar-refractivity contribution is 5.32. The number of aliphatic hydroxyl groups excluding tert-OH is 1. The summed E-state index contributed by atoms with van der Waals surface area (Å²) in [6, 6.07) is 11.1. The Labute approximate surface area is 123 Å². The molecule has 1 N–H and O–H groups in total. The molecule has 0 fully saturated rings. The van der Waals surface area contributed by atoms with E-state index in [0.717, 1.165) is 12.8 Å². The predicted octanol–water partition coefficient (Wildman–Crippen LogP) is 4.11.